The second kappa shape index (κ2) is 8.47. The molecule has 0 aliphatic carbocycles. The first-order valence-corrected chi connectivity index (χ1v) is 7.83. The van der Waals surface area contributed by atoms with Gasteiger partial charge in [-0.2, -0.15) is 0 Å². The molecule has 0 aromatic rings. The van der Waals surface area contributed by atoms with Crippen LogP contribution >= 0.6 is 0 Å². The molecule has 0 aromatic heterocycles. The molecule has 1 aliphatic heterocycles. The number of nitrogens with one attached hydrogen (secondary N) is 2. The van der Waals surface area contributed by atoms with Crippen molar-refractivity contribution < 1.29 is 0 Å². The largest absolute Gasteiger partial charge is 0.355 e. The molecule has 1 rings (SSSR count). The van der Waals surface area contributed by atoms with Crippen LogP contribution in [0.5, 0.6) is 0 Å². The summed E-state index contributed by atoms with van der Waals surface area (Å²) in [5.41, 5.74) is 0. The molecular formula is C15H33N5. The molecule has 0 aromatic carbocycles. The number of guanidine groups is 1. The predicted octanol–water partition coefficient (Wildman–Crippen LogP) is 0.832. The Morgan fingerprint density at radius 1 is 1.10 bits per heavy atom. The molecule has 118 valence electrons. The molecular weight excluding hydrogens is 250 g/mol. The lowest BCUT2D eigenvalue weighted by molar-refractivity contribution is 0.120. The highest BCUT2D eigenvalue weighted by atomic mass is 15.3. The van der Waals surface area contributed by atoms with E-state index in [1.54, 1.807) is 0 Å². The lowest BCUT2D eigenvalue weighted by Gasteiger charge is -2.36. The van der Waals surface area contributed by atoms with Crippen LogP contribution in [0, 0.1) is 5.92 Å². The molecule has 0 bridgehead atoms. The summed E-state index contributed by atoms with van der Waals surface area (Å²) in [6.45, 7) is 14.5. The van der Waals surface area contributed by atoms with Crippen LogP contribution in [0.3, 0.4) is 0 Å². The Bertz CT molecular complexity index is 295. The Morgan fingerprint density at radius 3 is 2.20 bits per heavy atom. The highest BCUT2D eigenvalue weighted by Gasteiger charge is 2.19. The summed E-state index contributed by atoms with van der Waals surface area (Å²) in [4.78, 5) is 9.25. The fourth-order valence-electron chi connectivity index (χ4n) is 2.21. The van der Waals surface area contributed by atoms with Crippen LogP contribution in [0.2, 0.25) is 0 Å². The van der Waals surface area contributed by atoms with E-state index in [0.717, 1.165) is 25.6 Å². The van der Waals surface area contributed by atoms with Crippen LogP contribution in [-0.4, -0.2) is 74.7 Å². The van der Waals surface area contributed by atoms with Gasteiger partial charge < -0.3 is 15.5 Å². The minimum absolute atomic E-state index is 0.431. The average molecular weight is 283 g/mol. The van der Waals surface area contributed by atoms with E-state index >= 15 is 0 Å². The van der Waals surface area contributed by atoms with Crippen LogP contribution in [0.4, 0.5) is 0 Å². The Labute approximate surface area is 124 Å². The first kappa shape index (κ1) is 17.2. The van der Waals surface area contributed by atoms with E-state index in [1.807, 2.05) is 7.05 Å². The first-order valence-electron chi connectivity index (χ1n) is 7.83. The summed E-state index contributed by atoms with van der Waals surface area (Å²) in [5.74, 6) is 1.51. The van der Waals surface area contributed by atoms with Gasteiger partial charge in [0.15, 0.2) is 5.96 Å². The summed E-state index contributed by atoms with van der Waals surface area (Å²) in [6.07, 6.45) is 0. The van der Waals surface area contributed by atoms with Gasteiger partial charge in [0.1, 0.15) is 0 Å². The Hall–Kier alpha value is -0.810. The molecule has 2 atom stereocenters. The predicted molar refractivity (Wildman–Crippen MR) is 87.3 cm³/mol. The summed E-state index contributed by atoms with van der Waals surface area (Å²) >= 11 is 0. The maximum atomic E-state index is 4.31. The molecule has 0 saturated carbocycles. The smallest absolute Gasteiger partial charge is 0.191 e. The van der Waals surface area contributed by atoms with Gasteiger partial charge in [0.2, 0.25) is 0 Å². The third-order valence-corrected chi connectivity index (χ3v) is 4.31. The van der Waals surface area contributed by atoms with Gasteiger partial charge in [-0.3, -0.25) is 9.89 Å². The van der Waals surface area contributed by atoms with Gasteiger partial charge in [-0.05, 0) is 26.8 Å². The van der Waals surface area contributed by atoms with Gasteiger partial charge in [0.05, 0.1) is 0 Å². The molecule has 0 amide bonds. The molecule has 1 heterocycles. The summed E-state index contributed by atoms with van der Waals surface area (Å²) in [6, 6.07) is 0.969. The number of aliphatic imine (C=N–C) groups is 1. The summed E-state index contributed by atoms with van der Waals surface area (Å²) < 4.78 is 0. The minimum atomic E-state index is 0.431. The summed E-state index contributed by atoms with van der Waals surface area (Å²) in [5, 5.41) is 6.89. The standard InChI is InChI=1S/C15H33N5/c1-12(2)14(4)18-15(16-5)17-11-13(3)20-9-7-19(6)8-10-20/h12-14H,7-11H2,1-6H3,(H2,16,17,18). The molecule has 0 spiro atoms. The van der Waals surface area contributed by atoms with Crippen molar-refractivity contribution in [2.45, 2.75) is 39.8 Å². The minimum Gasteiger partial charge on any atom is -0.355 e. The van der Waals surface area contributed by atoms with E-state index in [2.05, 4.69) is 60.2 Å². The zero-order valence-corrected chi connectivity index (χ0v) is 14.1. The fraction of sp³-hybridized carbons (Fsp3) is 0.933. The monoisotopic (exact) mass is 283 g/mol. The van der Waals surface area contributed by atoms with Crippen LogP contribution in [0.15, 0.2) is 4.99 Å². The molecule has 2 unspecified atom stereocenters. The molecule has 1 saturated heterocycles. The van der Waals surface area contributed by atoms with E-state index in [0.29, 0.717) is 18.0 Å². The Balaban J connectivity index is 2.33. The second-order valence-corrected chi connectivity index (χ2v) is 6.32. The Morgan fingerprint density at radius 2 is 1.70 bits per heavy atom. The Kier molecular flexibility index (Phi) is 7.30. The van der Waals surface area contributed by atoms with E-state index in [-0.39, 0.29) is 0 Å². The van der Waals surface area contributed by atoms with Crippen LogP contribution in [0.25, 0.3) is 0 Å². The van der Waals surface area contributed by atoms with Crippen molar-refractivity contribution in [2.75, 3.05) is 46.8 Å². The van der Waals surface area contributed by atoms with E-state index in [9.17, 15) is 0 Å². The van der Waals surface area contributed by atoms with Crippen molar-refractivity contribution in [3.63, 3.8) is 0 Å². The van der Waals surface area contributed by atoms with E-state index < -0.39 is 0 Å². The van der Waals surface area contributed by atoms with Crippen LogP contribution in [-0.2, 0) is 0 Å². The topological polar surface area (TPSA) is 42.9 Å². The quantitative estimate of drug-likeness (QED) is 0.579. The third-order valence-electron chi connectivity index (χ3n) is 4.31. The van der Waals surface area contributed by atoms with Gasteiger partial charge in [0, 0.05) is 51.9 Å². The van der Waals surface area contributed by atoms with Crippen molar-refractivity contribution >= 4 is 5.96 Å². The lowest BCUT2D eigenvalue weighted by Crippen LogP contribution is -2.53. The maximum Gasteiger partial charge on any atom is 0.191 e. The molecule has 1 aliphatic rings. The zero-order valence-electron chi connectivity index (χ0n) is 14.1. The number of rotatable bonds is 5. The maximum absolute atomic E-state index is 4.31. The lowest BCUT2D eigenvalue weighted by atomic mass is 10.1. The van der Waals surface area contributed by atoms with Gasteiger partial charge >= 0.3 is 0 Å². The number of piperazine rings is 1. The number of nitrogens with zero attached hydrogens (tertiary/aromatic N) is 3. The van der Waals surface area contributed by atoms with Crippen molar-refractivity contribution in [2.24, 2.45) is 10.9 Å². The molecule has 2 N–H and O–H groups in total. The van der Waals surface area contributed by atoms with Crippen molar-refractivity contribution in [1.82, 2.24) is 20.4 Å². The van der Waals surface area contributed by atoms with Gasteiger partial charge in [0.25, 0.3) is 0 Å². The summed E-state index contributed by atoms with van der Waals surface area (Å²) in [7, 11) is 4.03. The number of hydrogen-bond acceptors (Lipinski definition) is 3. The van der Waals surface area contributed by atoms with Crippen molar-refractivity contribution in [1.29, 1.82) is 0 Å². The zero-order chi connectivity index (χ0) is 15.1. The van der Waals surface area contributed by atoms with Crippen LogP contribution < -0.4 is 10.6 Å². The third kappa shape index (κ3) is 5.67. The number of likely N-dealkylation sites (N-methyl/N-ethyl adjacent to an activating group) is 1. The van der Waals surface area contributed by atoms with Gasteiger partial charge in [-0.1, -0.05) is 13.8 Å². The van der Waals surface area contributed by atoms with Crippen molar-refractivity contribution in [3.05, 3.63) is 0 Å². The highest BCUT2D eigenvalue weighted by Crippen LogP contribution is 2.04. The van der Waals surface area contributed by atoms with E-state index in [4.69, 9.17) is 0 Å². The highest BCUT2D eigenvalue weighted by molar-refractivity contribution is 5.79. The molecule has 20 heavy (non-hydrogen) atoms. The van der Waals surface area contributed by atoms with Gasteiger partial charge in [-0.25, -0.2) is 0 Å². The van der Waals surface area contributed by atoms with Gasteiger partial charge in [-0.15, -0.1) is 0 Å². The SMILES string of the molecule is CN=C(NCC(C)N1CCN(C)CC1)NC(C)C(C)C. The molecule has 1 fully saturated rings. The number of hydrogen-bond donors (Lipinski definition) is 2. The van der Waals surface area contributed by atoms with Crippen LogP contribution in [0.1, 0.15) is 27.7 Å². The molecule has 0 radical (unpaired) electrons. The fourth-order valence-corrected chi connectivity index (χ4v) is 2.21. The van der Waals surface area contributed by atoms with Crippen molar-refractivity contribution in [3.8, 4) is 0 Å². The average Bonchev–Trinajstić information content (AvgIpc) is 2.43. The van der Waals surface area contributed by atoms with E-state index in [1.165, 1.54) is 13.1 Å². The first-order chi connectivity index (χ1) is 9.43. The second-order valence-electron chi connectivity index (χ2n) is 6.32. The normalized spacial score (nSPS) is 21.9. The molecule has 5 heteroatoms. The molecule has 5 nitrogen and oxygen atoms in total.